The Labute approximate surface area is 233 Å². The van der Waals surface area contributed by atoms with Crippen LogP contribution in [0.4, 0.5) is 0 Å². The number of methoxy groups -OCH3 is 1. The smallest absolute Gasteiger partial charge is 0.282 e. The Morgan fingerprint density at radius 2 is 1.87 bits per heavy atom. The summed E-state index contributed by atoms with van der Waals surface area (Å²) in [6, 6.07) is 18.9. The van der Waals surface area contributed by atoms with Gasteiger partial charge in [-0.3, -0.25) is 4.79 Å². The van der Waals surface area contributed by atoms with Crippen LogP contribution in [0.3, 0.4) is 0 Å². The monoisotopic (exact) mass is 541 g/mol. The Morgan fingerprint density at radius 1 is 1.10 bits per heavy atom. The van der Waals surface area contributed by atoms with Crippen molar-refractivity contribution in [1.82, 2.24) is 9.66 Å². The van der Waals surface area contributed by atoms with Crippen LogP contribution in [0.2, 0.25) is 5.02 Å². The van der Waals surface area contributed by atoms with E-state index >= 15 is 0 Å². The lowest BCUT2D eigenvalue weighted by atomic mass is 9.88. The van der Waals surface area contributed by atoms with Crippen LogP contribution in [0.1, 0.15) is 60.5 Å². The SMILES string of the molecule is C=CCc1cc(C=Nn2c(C3CCCCC3)nc3ccccc3c2=O)cc(OC)c1OCc1ccc(Cl)cc1. The summed E-state index contributed by atoms with van der Waals surface area (Å²) in [5.41, 5.74) is 3.26. The number of rotatable bonds is 9. The topological polar surface area (TPSA) is 65.7 Å². The van der Waals surface area contributed by atoms with Gasteiger partial charge in [0.15, 0.2) is 11.5 Å². The molecule has 1 aliphatic rings. The second kappa shape index (κ2) is 12.3. The number of benzene rings is 3. The van der Waals surface area contributed by atoms with E-state index in [4.69, 9.17) is 31.2 Å². The number of hydrogen-bond donors (Lipinski definition) is 0. The van der Waals surface area contributed by atoms with E-state index < -0.39 is 0 Å². The molecule has 0 aliphatic heterocycles. The molecule has 200 valence electrons. The predicted molar refractivity (Wildman–Crippen MR) is 157 cm³/mol. The maximum Gasteiger partial charge on any atom is 0.282 e. The van der Waals surface area contributed by atoms with E-state index in [0.29, 0.717) is 40.5 Å². The molecule has 4 aromatic rings. The zero-order valence-corrected chi connectivity index (χ0v) is 22.9. The number of halogens is 1. The first kappa shape index (κ1) is 26.7. The minimum Gasteiger partial charge on any atom is -0.493 e. The summed E-state index contributed by atoms with van der Waals surface area (Å²) < 4.78 is 13.4. The quantitative estimate of drug-likeness (QED) is 0.165. The van der Waals surface area contributed by atoms with Gasteiger partial charge in [-0.2, -0.15) is 9.78 Å². The van der Waals surface area contributed by atoms with E-state index in [2.05, 4.69) is 6.58 Å². The maximum absolute atomic E-state index is 13.5. The highest BCUT2D eigenvalue weighted by atomic mass is 35.5. The highest BCUT2D eigenvalue weighted by Crippen LogP contribution is 2.35. The lowest BCUT2D eigenvalue weighted by Crippen LogP contribution is -2.25. The largest absolute Gasteiger partial charge is 0.493 e. The Hall–Kier alpha value is -3.90. The molecule has 0 atom stereocenters. The van der Waals surface area contributed by atoms with Crippen molar-refractivity contribution >= 4 is 28.7 Å². The maximum atomic E-state index is 13.5. The molecule has 6 nitrogen and oxygen atoms in total. The Kier molecular flexibility index (Phi) is 8.42. The van der Waals surface area contributed by atoms with Gasteiger partial charge in [0.1, 0.15) is 12.4 Å². The third kappa shape index (κ3) is 6.07. The molecule has 0 unspecified atom stereocenters. The predicted octanol–water partition coefficient (Wildman–Crippen LogP) is 7.30. The van der Waals surface area contributed by atoms with Crippen LogP contribution in [0, 0.1) is 0 Å². The third-order valence-corrected chi connectivity index (χ3v) is 7.36. The van der Waals surface area contributed by atoms with E-state index in [9.17, 15) is 4.79 Å². The molecule has 39 heavy (non-hydrogen) atoms. The summed E-state index contributed by atoms with van der Waals surface area (Å²) in [5.74, 6) is 2.18. The summed E-state index contributed by atoms with van der Waals surface area (Å²) in [6.07, 6.45) is 9.61. The lowest BCUT2D eigenvalue weighted by Gasteiger charge is -2.22. The molecular formula is C32H32ClN3O3. The fourth-order valence-electron chi connectivity index (χ4n) is 5.12. The molecule has 0 spiro atoms. The van der Waals surface area contributed by atoms with Crippen molar-refractivity contribution in [3.8, 4) is 11.5 Å². The average molecular weight is 542 g/mol. The molecule has 0 radical (unpaired) electrons. The minimum atomic E-state index is -0.154. The summed E-state index contributed by atoms with van der Waals surface area (Å²) >= 11 is 6.02. The molecule has 0 bridgehead atoms. The highest BCUT2D eigenvalue weighted by Gasteiger charge is 2.22. The van der Waals surface area contributed by atoms with Crippen LogP contribution in [-0.4, -0.2) is 23.0 Å². The summed E-state index contributed by atoms with van der Waals surface area (Å²) in [4.78, 5) is 18.5. The van der Waals surface area contributed by atoms with E-state index in [0.717, 1.165) is 48.2 Å². The number of nitrogens with zero attached hydrogens (tertiary/aromatic N) is 3. The highest BCUT2D eigenvalue weighted by molar-refractivity contribution is 6.30. The molecule has 0 N–H and O–H groups in total. The van der Waals surface area contributed by atoms with Crippen molar-refractivity contribution in [2.24, 2.45) is 5.10 Å². The van der Waals surface area contributed by atoms with E-state index in [1.165, 1.54) is 11.1 Å². The van der Waals surface area contributed by atoms with E-state index in [1.54, 1.807) is 19.4 Å². The summed E-state index contributed by atoms with van der Waals surface area (Å²) in [5, 5.41) is 5.93. The van der Waals surface area contributed by atoms with Crippen LogP contribution in [0.25, 0.3) is 10.9 Å². The molecule has 5 rings (SSSR count). The van der Waals surface area contributed by atoms with Gasteiger partial charge >= 0.3 is 0 Å². The number of allylic oxidation sites excluding steroid dienone is 1. The second-order valence-electron chi connectivity index (χ2n) is 9.80. The van der Waals surface area contributed by atoms with Crippen molar-refractivity contribution < 1.29 is 9.47 Å². The molecule has 0 saturated heterocycles. The molecule has 1 fully saturated rings. The number of aromatic nitrogens is 2. The van der Waals surface area contributed by atoms with Gasteiger partial charge in [-0.15, -0.1) is 6.58 Å². The number of ether oxygens (including phenoxy) is 2. The second-order valence-corrected chi connectivity index (χ2v) is 10.2. The van der Waals surface area contributed by atoms with Crippen molar-refractivity contribution in [2.45, 2.75) is 51.0 Å². The van der Waals surface area contributed by atoms with E-state index in [1.807, 2.05) is 60.7 Å². The first-order valence-electron chi connectivity index (χ1n) is 13.3. The zero-order valence-electron chi connectivity index (χ0n) is 22.1. The van der Waals surface area contributed by atoms with Gasteiger partial charge in [0.05, 0.1) is 24.2 Å². The number of hydrogen-bond acceptors (Lipinski definition) is 5. The normalized spacial score (nSPS) is 14.1. The van der Waals surface area contributed by atoms with Crippen LogP contribution < -0.4 is 15.0 Å². The van der Waals surface area contributed by atoms with Crippen molar-refractivity contribution in [3.63, 3.8) is 0 Å². The molecule has 3 aromatic carbocycles. The van der Waals surface area contributed by atoms with Gasteiger partial charge in [-0.05, 0) is 66.8 Å². The van der Waals surface area contributed by atoms with Crippen molar-refractivity contribution in [3.05, 3.63) is 111 Å². The van der Waals surface area contributed by atoms with E-state index in [-0.39, 0.29) is 11.5 Å². The first-order chi connectivity index (χ1) is 19.1. The van der Waals surface area contributed by atoms with Crippen LogP contribution in [0.5, 0.6) is 11.5 Å². The fourth-order valence-corrected chi connectivity index (χ4v) is 5.24. The van der Waals surface area contributed by atoms with Gasteiger partial charge in [-0.25, -0.2) is 4.98 Å². The van der Waals surface area contributed by atoms with Crippen LogP contribution in [0.15, 0.2) is 83.2 Å². The fraction of sp³-hybridized carbons (Fsp3) is 0.281. The first-order valence-corrected chi connectivity index (χ1v) is 13.7. The van der Waals surface area contributed by atoms with Gasteiger partial charge < -0.3 is 9.47 Å². The molecule has 1 saturated carbocycles. The number of para-hydroxylation sites is 1. The van der Waals surface area contributed by atoms with Crippen LogP contribution >= 0.6 is 11.6 Å². The van der Waals surface area contributed by atoms with Gasteiger partial charge in [0.25, 0.3) is 5.56 Å². The summed E-state index contributed by atoms with van der Waals surface area (Å²) in [6.45, 7) is 4.28. The van der Waals surface area contributed by atoms with Gasteiger partial charge in [0.2, 0.25) is 0 Å². The molecule has 7 heteroatoms. The molecule has 0 amide bonds. The minimum absolute atomic E-state index is 0.154. The third-order valence-electron chi connectivity index (χ3n) is 7.11. The van der Waals surface area contributed by atoms with Crippen LogP contribution in [-0.2, 0) is 13.0 Å². The lowest BCUT2D eigenvalue weighted by molar-refractivity contribution is 0.282. The number of fused-ring (bicyclic) bond motifs is 1. The van der Waals surface area contributed by atoms with Crippen molar-refractivity contribution in [1.29, 1.82) is 0 Å². The molecular weight excluding hydrogens is 510 g/mol. The van der Waals surface area contributed by atoms with Gasteiger partial charge in [-0.1, -0.05) is 61.2 Å². The Bertz CT molecular complexity index is 1550. The summed E-state index contributed by atoms with van der Waals surface area (Å²) in [7, 11) is 1.61. The Morgan fingerprint density at radius 3 is 2.62 bits per heavy atom. The average Bonchev–Trinajstić information content (AvgIpc) is 2.97. The standard InChI is InChI=1S/C32H32ClN3O3/c1-3-9-25-18-23(19-29(38-2)30(25)39-21-22-14-16-26(33)17-15-22)20-34-36-31(24-10-5-4-6-11-24)35-28-13-8-7-12-27(28)32(36)37/h3,7-8,12-20,24H,1,4-6,9-11,21H2,2H3. The van der Waals surface area contributed by atoms with Crippen molar-refractivity contribution in [2.75, 3.05) is 7.11 Å². The van der Waals surface area contributed by atoms with Gasteiger partial charge in [0, 0.05) is 16.5 Å². The molecule has 1 aliphatic carbocycles. The molecule has 1 aromatic heterocycles. The zero-order chi connectivity index (χ0) is 27.2. The molecule has 1 heterocycles. The Balaban J connectivity index is 1.51.